The number of benzene rings is 2. The number of thiophene rings is 1. The van der Waals surface area contributed by atoms with E-state index in [1.54, 1.807) is 17.4 Å². The van der Waals surface area contributed by atoms with Crippen molar-refractivity contribution in [2.24, 2.45) is 17.8 Å². The molecule has 1 aliphatic carbocycles. The third kappa shape index (κ3) is 5.11. The largest absolute Gasteiger partial charge is 0.507 e. The Morgan fingerprint density at radius 1 is 1.10 bits per heavy atom. The Morgan fingerprint density at radius 3 is 2.67 bits per heavy atom. The van der Waals surface area contributed by atoms with Crippen LogP contribution < -0.4 is 0 Å². The summed E-state index contributed by atoms with van der Waals surface area (Å²) in [5.41, 5.74) is 5.50. The third-order valence-electron chi connectivity index (χ3n) is 8.56. The Morgan fingerprint density at radius 2 is 1.93 bits per heavy atom. The first-order valence-electron chi connectivity index (χ1n) is 13.9. The highest BCUT2D eigenvalue weighted by atomic mass is 79.9. The van der Waals surface area contributed by atoms with Crippen molar-refractivity contribution in [1.82, 2.24) is 4.90 Å². The van der Waals surface area contributed by atoms with E-state index >= 15 is 0 Å². The van der Waals surface area contributed by atoms with Crippen molar-refractivity contribution in [3.8, 4) is 5.75 Å². The van der Waals surface area contributed by atoms with E-state index in [4.69, 9.17) is 4.74 Å². The molecule has 1 N–H and O–H groups in total. The van der Waals surface area contributed by atoms with E-state index < -0.39 is 0 Å². The number of imide groups is 1. The number of fused-ring (bicyclic) bond motifs is 3. The number of allylic oxidation sites excluding steroid dienone is 2. The summed E-state index contributed by atoms with van der Waals surface area (Å²) in [6.07, 6.45) is 4.98. The number of rotatable bonds is 8. The maximum Gasteiger partial charge on any atom is 0.234 e. The summed E-state index contributed by atoms with van der Waals surface area (Å²) >= 11 is 5.10. The molecule has 2 aliphatic heterocycles. The van der Waals surface area contributed by atoms with Gasteiger partial charge in [-0.25, -0.2) is 0 Å². The van der Waals surface area contributed by atoms with Crippen LogP contribution in [0.15, 0.2) is 81.7 Å². The molecule has 0 unspecified atom stereocenters. The molecule has 2 amide bonds. The molecular weight excluding hydrogens is 586 g/mol. The Hall–Kier alpha value is -3.00. The van der Waals surface area contributed by atoms with Crippen LogP contribution in [0.3, 0.4) is 0 Å². The van der Waals surface area contributed by atoms with E-state index in [1.807, 2.05) is 47.8 Å². The Kier molecular flexibility index (Phi) is 7.80. The van der Waals surface area contributed by atoms with Crippen LogP contribution in [0, 0.1) is 17.8 Å². The second-order valence-electron chi connectivity index (χ2n) is 10.8. The zero-order valence-electron chi connectivity index (χ0n) is 22.4. The molecule has 0 radical (unpaired) electrons. The topological polar surface area (TPSA) is 66.8 Å². The summed E-state index contributed by atoms with van der Waals surface area (Å²) in [6, 6.07) is 19.6. The van der Waals surface area contributed by atoms with E-state index in [0.717, 1.165) is 45.3 Å². The van der Waals surface area contributed by atoms with Crippen molar-refractivity contribution in [1.29, 1.82) is 0 Å². The molecule has 3 aromatic rings. The minimum atomic E-state index is -0.328. The lowest BCUT2D eigenvalue weighted by Crippen LogP contribution is -2.34. The monoisotopic (exact) mass is 617 g/mol. The maximum atomic E-state index is 13.6. The number of hydrogen-bond acceptors (Lipinski definition) is 5. The van der Waals surface area contributed by atoms with Gasteiger partial charge in [0.25, 0.3) is 0 Å². The second-order valence-corrected chi connectivity index (χ2v) is 12.7. The van der Waals surface area contributed by atoms with E-state index in [0.29, 0.717) is 19.6 Å². The van der Waals surface area contributed by atoms with Crippen LogP contribution in [-0.2, 0) is 20.9 Å². The molecule has 40 heavy (non-hydrogen) atoms. The van der Waals surface area contributed by atoms with Crippen molar-refractivity contribution in [3.63, 3.8) is 0 Å². The lowest BCUT2D eigenvalue weighted by atomic mass is 9.69. The van der Waals surface area contributed by atoms with Crippen LogP contribution in [0.2, 0.25) is 0 Å². The van der Waals surface area contributed by atoms with Gasteiger partial charge in [0.2, 0.25) is 11.8 Å². The fraction of sp³-hybridized carbons (Fsp3) is 0.333. The molecule has 4 atom stereocenters. The van der Waals surface area contributed by atoms with Gasteiger partial charge in [0.15, 0.2) is 0 Å². The van der Waals surface area contributed by atoms with E-state index in [-0.39, 0.29) is 41.4 Å². The zero-order chi connectivity index (χ0) is 27.8. The molecule has 206 valence electrons. The fourth-order valence-corrected chi connectivity index (χ4v) is 7.73. The predicted octanol–water partition coefficient (Wildman–Crippen LogP) is 7.46. The number of likely N-dealkylation sites (tertiary alicyclic amines) is 1. The number of halogens is 1. The summed E-state index contributed by atoms with van der Waals surface area (Å²) in [4.78, 5) is 29.6. The van der Waals surface area contributed by atoms with Crippen molar-refractivity contribution in [3.05, 3.63) is 97.7 Å². The number of carbonyl (C=O) groups excluding carboxylic acids is 2. The number of ether oxygens (including phenoxy) is 1. The fourth-order valence-electron chi connectivity index (χ4n) is 6.66. The molecule has 6 rings (SSSR count). The molecule has 0 bridgehead atoms. The van der Waals surface area contributed by atoms with Crippen LogP contribution in [-0.4, -0.2) is 34.5 Å². The molecule has 7 heteroatoms. The number of aromatic hydroxyl groups is 1. The lowest BCUT2D eigenvalue weighted by molar-refractivity contribution is -0.140. The quantitative estimate of drug-likeness (QED) is 0.162. The van der Waals surface area contributed by atoms with Crippen molar-refractivity contribution in [2.75, 3.05) is 6.61 Å². The molecule has 3 aliphatic rings. The van der Waals surface area contributed by atoms with Crippen molar-refractivity contribution < 1.29 is 19.4 Å². The molecular formula is C33H32BrNO4S. The highest BCUT2D eigenvalue weighted by Crippen LogP contribution is 2.51. The Balaban J connectivity index is 1.26. The second kappa shape index (κ2) is 11.5. The standard InChI is InChI=1S/C33H32BrNO4S/c1-2-20-17-26-31(33(38)35(32(26)37)18-25-9-6-14-40-25)27-19-39-29(30(20)27)13-10-22(21-7-4-3-5-8-21)15-23-16-24(34)11-12-28(23)36/h3-9,11-12,14-16,26-27,29,31,36H,2,10,13,17-19H2,1H3/b22-15-/t26-,27+,29-,31-/m1/s1. The van der Waals surface area contributed by atoms with E-state index in [9.17, 15) is 14.7 Å². The predicted molar refractivity (Wildman–Crippen MR) is 161 cm³/mol. The van der Waals surface area contributed by atoms with Gasteiger partial charge in [-0.15, -0.1) is 11.3 Å². The first-order chi connectivity index (χ1) is 19.4. The average Bonchev–Trinajstić information content (AvgIpc) is 3.69. The number of hydrogen-bond donors (Lipinski definition) is 1. The van der Waals surface area contributed by atoms with Crippen LogP contribution in [0.1, 0.15) is 48.6 Å². The van der Waals surface area contributed by atoms with Gasteiger partial charge >= 0.3 is 0 Å². The van der Waals surface area contributed by atoms with Gasteiger partial charge in [0.1, 0.15) is 5.75 Å². The van der Waals surface area contributed by atoms with Gasteiger partial charge in [-0.3, -0.25) is 14.5 Å². The third-order valence-corrected chi connectivity index (χ3v) is 9.91. The molecule has 0 saturated carbocycles. The van der Waals surface area contributed by atoms with Gasteiger partial charge in [0, 0.05) is 20.8 Å². The van der Waals surface area contributed by atoms with Crippen molar-refractivity contribution >= 4 is 50.7 Å². The molecule has 5 nitrogen and oxygen atoms in total. The smallest absolute Gasteiger partial charge is 0.234 e. The molecule has 3 heterocycles. The summed E-state index contributed by atoms with van der Waals surface area (Å²) in [5.74, 6) is -0.482. The highest BCUT2D eigenvalue weighted by molar-refractivity contribution is 9.10. The van der Waals surface area contributed by atoms with Gasteiger partial charge in [0.05, 0.1) is 31.1 Å². The average molecular weight is 619 g/mol. The SMILES string of the molecule is CCC1=C2[C@@H](CC/C(=C/c3cc(Br)ccc3O)c3ccccc3)OC[C@@H]2[C@@H]2C(=O)N(Cc3cccs3)C(=O)[C@@H]2C1. The molecule has 2 aromatic carbocycles. The number of amides is 2. The van der Waals surface area contributed by atoms with Crippen LogP contribution in [0.25, 0.3) is 11.6 Å². The molecule has 2 saturated heterocycles. The maximum absolute atomic E-state index is 13.6. The highest BCUT2D eigenvalue weighted by Gasteiger charge is 2.56. The minimum Gasteiger partial charge on any atom is -0.507 e. The van der Waals surface area contributed by atoms with Crippen LogP contribution in [0.5, 0.6) is 5.75 Å². The number of nitrogens with zero attached hydrogens (tertiary/aromatic N) is 1. The van der Waals surface area contributed by atoms with E-state index in [1.165, 1.54) is 16.0 Å². The molecule has 1 aromatic heterocycles. The van der Waals surface area contributed by atoms with Gasteiger partial charge in [-0.1, -0.05) is 64.8 Å². The summed E-state index contributed by atoms with van der Waals surface area (Å²) in [5, 5.41) is 12.5. The Labute approximate surface area is 247 Å². The number of phenols is 1. The van der Waals surface area contributed by atoms with E-state index in [2.05, 4.69) is 41.1 Å². The van der Waals surface area contributed by atoms with Gasteiger partial charge < -0.3 is 9.84 Å². The first kappa shape index (κ1) is 27.2. The number of carbonyl (C=O) groups is 2. The van der Waals surface area contributed by atoms with Crippen LogP contribution >= 0.6 is 27.3 Å². The van der Waals surface area contributed by atoms with Gasteiger partial charge in [-0.2, -0.15) is 0 Å². The summed E-state index contributed by atoms with van der Waals surface area (Å²) in [7, 11) is 0. The lowest BCUT2D eigenvalue weighted by Gasteiger charge is -2.31. The zero-order valence-corrected chi connectivity index (χ0v) is 24.8. The summed E-state index contributed by atoms with van der Waals surface area (Å²) < 4.78 is 7.33. The molecule has 2 fully saturated rings. The van der Waals surface area contributed by atoms with Gasteiger partial charge in [-0.05, 0) is 78.1 Å². The van der Waals surface area contributed by atoms with Crippen LogP contribution in [0.4, 0.5) is 0 Å². The Bertz CT molecular complexity index is 1480. The minimum absolute atomic E-state index is 0.0278. The molecule has 0 spiro atoms. The summed E-state index contributed by atoms with van der Waals surface area (Å²) in [6.45, 7) is 2.99. The van der Waals surface area contributed by atoms with Crippen molar-refractivity contribution in [2.45, 2.75) is 45.3 Å². The normalized spacial score (nSPS) is 24.6. The first-order valence-corrected chi connectivity index (χ1v) is 15.6. The number of phenolic OH excluding ortho intramolecular Hbond substituents is 1.